The molecule has 0 heterocycles. The molecule has 0 bridgehead atoms. The van der Waals surface area contributed by atoms with E-state index in [0.29, 0.717) is 0 Å². The normalized spacial score (nSPS) is 10.4. The van der Waals surface area contributed by atoms with Gasteiger partial charge in [-0.15, -0.1) is 0 Å². The third-order valence-corrected chi connectivity index (χ3v) is 12.8. The van der Waals surface area contributed by atoms with Gasteiger partial charge in [-0.3, -0.25) is 0 Å². The zero-order valence-corrected chi connectivity index (χ0v) is 25.4. The van der Waals surface area contributed by atoms with Crippen LogP contribution in [-0.2, 0) is 4.57 Å². The van der Waals surface area contributed by atoms with Crippen molar-refractivity contribution in [2.24, 2.45) is 0 Å². The van der Waals surface area contributed by atoms with Crippen molar-refractivity contribution in [2.45, 2.75) is 136 Å². The summed E-state index contributed by atoms with van der Waals surface area (Å²) in [5.41, 5.74) is 3.17. The van der Waals surface area contributed by atoms with Crippen LogP contribution in [0.3, 0.4) is 0 Å². The van der Waals surface area contributed by atoms with Crippen LogP contribution >= 0.6 is 7.82 Å². The molecule has 0 aromatic rings. The van der Waals surface area contributed by atoms with Crippen LogP contribution < -0.4 is 14.7 Å². The van der Waals surface area contributed by atoms with Gasteiger partial charge in [0.1, 0.15) is 0 Å². The van der Waals surface area contributed by atoms with Crippen molar-refractivity contribution in [2.75, 3.05) is 0 Å². The Balaban J connectivity index is -0.000000146. The number of rotatable bonds is 9. The molecule has 0 fully saturated rings. The van der Waals surface area contributed by atoms with Crippen molar-refractivity contribution in [1.82, 2.24) is 0 Å². The predicted octanol–water partition coefficient (Wildman–Crippen LogP) is 5.97. The molecule has 0 aromatic carbocycles. The van der Waals surface area contributed by atoms with Gasteiger partial charge < -0.3 is 19.2 Å². The summed E-state index contributed by atoms with van der Waals surface area (Å²) in [6.45, 7) is 28.2. The highest BCUT2D eigenvalue weighted by atomic mass is 31.2. The van der Waals surface area contributed by atoms with Crippen molar-refractivity contribution < 1.29 is 19.2 Å². The van der Waals surface area contributed by atoms with E-state index < -0.39 is 7.82 Å². The molecule has 0 aliphatic rings. The van der Waals surface area contributed by atoms with Gasteiger partial charge in [0.25, 0.3) is 0 Å². The Kier molecular flexibility index (Phi) is 30.0. The summed E-state index contributed by atoms with van der Waals surface area (Å²) >= 11 is 0. The van der Waals surface area contributed by atoms with Crippen molar-refractivity contribution in [3.8, 4) is 0 Å². The van der Waals surface area contributed by atoms with Gasteiger partial charge in [-0.1, -0.05) is 41.5 Å². The fourth-order valence-corrected chi connectivity index (χ4v) is 8.21. The molecule has 176 valence electrons. The van der Waals surface area contributed by atoms with Gasteiger partial charge in [0, 0.05) is 0 Å². The molecule has 0 atom stereocenters. The molecule has 4 nitrogen and oxygen atoms in total. The second-order valence-corrected chi connectivity index (χ2v) is 18.0. The fraction of sp³-hybridized carbons (Fsp3) is 1.00. The van der Waals surface area contributed by atoms with Crippen molar-refractivity contribution in [1.29, 1.82) is 0 Å². The van der Waals surface area contributed by atoms with E-state index in [1.807, 2.05) is 0 Å². The summed E-state index contributed by atoms with van der Waals surface area (Å²) in [5.74, 6) is 0. The maximum absolute atomic E-state index is 8.55. The highest BCUT2D eigenvalue weighted by Gasteiger charge is 2.23. The zero-order valence-electron chi connectivity index (χ0n) is 21.6. The summed E-state index contributed by atoms with van der Waals surface area (Å²) in [4.78, 5) is 25.6. The van der Waals surface area contributed by atoms with Crippen molar-refractivity contribution >= 4 is 34.2 Å². The van der Waals surface area contributed by atoms with E-state index in [2.05, 4.69) is 80.8 Å². The van der Waals surface area contributed by atoms with E-state index in [9.17, 15) is 0 Å². The van der Waals surface area contributed by atoms with Gasteiger partial charge in [0.05, 0.1) is 55.9 Å². The summed E-state index contributed by atoms with van der Waals surface area (Å²) in [6, 6.07) is 0. The summed E-state index contributed by atoms with van der Waals surface area (Å²) in [6.07, 6.45) is 8.32. The van der Waals surface area contributed by atoms with E-state index in [1.165, 1.54) is 38.5 Å². The lowest BCUT2D eigenvalue weighted by Crippen LogP contribution is -2.24. The molecule has 0 aliphatic heterocycles. The van der Waals surface area contributed by atoms with Crippen LogP contribution in [-0.4, -0.2) is 26.4 Å². The lowest BCUT2D eigenvalue weighted by molar-refractivity contribution is -0.432. The molecule has 0 saturated carbocycles. The van der Waals surface area contributed by atoms with Crippen molar-refractivity contribution in [3.63, 3.8) is 0 Å². The highest BCUT2D eigenvalue weighted by Crippen LogP contribution is 2.19. The second kappa shape index (κ2) is 23.4. The molecule has 8 heteroatoms. The lowest BCUT2D eigenvalue weighted by atomic mass is 10.3. The molecule has 0 aromatic heterocycles. The maximum atomic E-state index is 8.55. The largest absolute Gasteiger partial charge is 0.822 e. The summed E-state index contributed by atoms with van der Waals surface area (Å²) in [5, 5.41) is 0. The summed E-state index contributed by atoms with van der Waals surface area (Å²) in [7, 11) is -5.31. The van der Waals surface area contributed by atoms with Gasteiger partial charge in [-0.05, 0) is 38.5 Å². The third kappa shape index (κ3) is 33.6. The molecule has 0 radical (unpaired) electrons. The van der Waals surface area contributed by atoms with Crippen LogP contribution in [0, 0.1) is 0 Å². The molecule has 29 heavy (non-hydrogen) atoms. The first-order chi connectivity index (χ1) is 13.2. The zero-order chi connectivity index (χ0) is 24.2. The van der Waals surface area contributed by atoms with E-state index in [-0.39, 0.29) is 26.4 Å². The molecular weight excluding hydrogens is 431 g/mol. The van der Waals surface area contributed by atoms with Gasteiger partial charge in [-0.2, -0.15) is 7.82 Å². The first-order valence-corrected chi connectivity index (χ1v) is 20.5. The Hall–Kier alpha value is 0.761. The van der Waals surface area contributed by atoms with Crippen LogP contribution in [0.5, 0.6) is 0 Å². The molecule has 0 amide bonds. The topological polar surface area (TPSA) is 86.2 Å². The minimum atomic E-state index is -5.39. The Morgan fingerprint density at radius 3 is 0.621 bits per heavy atom. The Labute approximate surface area is 189 Å². The average Bonchev–Trinajstić information content (AvgIpc) is 2.57. The first-order valence-electron chi connectivity index (χ1n) is 11.3. The lowest BCUT2D eigenvalue weighted by Gasteiger charge is -2.36. The van der Waals surface area contributed by atoms with Gasteiger partial charge in [0.15, 0.2) is 0 Å². The van der Waals surface area contributed by atoms with Gasteiger partial charge >= 0.3 is 26.4 Å². The average molecular weight is 483 g/mol. The SMILES string of the molecule is CCC(CC)[Si+](C)C.CCC(CC)[Si+](C)C.CCC(CC)[Si+](C)C.O=P([O-])([O-])[O-]. The quantitative estimate of drug-likeness (QED) is 0.299. The van der Waals surface area contributed by atoms with E-state index in [0.717, 1.165) is 16.6 Å². The fourth-order valence-electron chi connectivity index (χ4n) is 3.32. The van der Waals surface area contributed by atoms with Crippen LogP contribution in [0.2, 0.25) is 55.9 Å². The Morgan fingerprint density at radius 1 is 0.517 bits per heavy atom. The van der Waals surface area contributed by atoms with E-state index >= 15 is 0 Å². The number of hydrogen-bond acceptors (Lipinski definition) is 4. The number of phosphoric acid groups is 1. The van der Waals surface area contributed by atoms with Crippen LogP contribution in [0.1, 0.15) is 80.1 Å². The molecule has 0 rings (SSSR count). The maximum Gasteiger partial charge on any atom is 0.311 e. The van der Waals surface area contributed by atoms with Crippen LogP contribution in [0.25, 0.3) is 0 Å². The molecule has 0 aliphatic carbocycles. The summed E-state index contributed by atoms with van der Waals surface area (Å²) < 4.78 is 8.55. The highest BCUT2D eigenvalue weighted by molar-refractivity contribution is 7.40. The smallest absolute Gasteiger partial charge is 0.311 e. The van der Waals surface area contributed by atoms with Gasteiger partial charge in [0.2, 0.25) is 0 Å². The standard InChI is InChI=1S/3C7H17Si.H3O4P/c3*1-5-7(6-2)8(3)4;1-5(2,3)4/h3*7H,5-6H2,1-4H3;(H3,1,2,3,4)/q3*+1;/p-3. The van der Waals surface area contributed by atoms with E-state index in [1.54, 1.807) is 0 Å². The van der Waals surface area contributed by atoms with Crippen LogP contribution in [0.4, 0.5) is 0 Å². The Morgan fingerprint density at radius 2 is 0.621 bits per heavy atom. The molecule has 0 spiro atoms. The molecule has 0 saturated heterocycles. The predicted molar refractivity (Wildman–Crippen MR) is 133 cm³/mol. The Bertz CT molecular complexity index is 306. The van der Waals surface area contributed by atoms with Gasteiger partial charge in [-0.25, -0.2) is 0 Å². The van der Waals surface area contributed by atoms with E-state index in [4.69, 9.17) is 19.2 Å². The van der Waals surface area contributed by atoms with Crippen molar-refractivity contribution in [3.05, 3.63) is 0 Å². The minimum Gasteiger partial charge on any atom is -0.822 e. The second-order valence-electron chi connectivity index (χ2n) is 8.22. The molecule has 0 N–H and O–H groups in total. The van der Waals surface area contributed by atoms with Crippen LogP contribution in [0.15, 0.2) is 0 Å². The first kappa shape index (κ1) is 37.1. The number of hydrogen-bond donors (Lipinski definition) is 0. The molecular formula is C21H51O4PSi3. The molecule has 0 unspecified atom stereocenters. The monoisotopic (exact) mass is 482 g/mol. The minimum absolute atomic E-state index is 0.0252. The third-order valence-electron chi connectivity index (χ3n) is 5.41.